The van der Waals surface area contributed by atoms with E-state index in [9.17, 15) is 0 Å². The molecule has 3 nitrogen and oxygen atoms in total. The van der Waals surface area contributed by atoms with E-state index >= 15 is 0 Å². The Kier molecular flexibility index (Phi) is 12.0. The quantitative estimate of drug-likeness (QED) is 0.163. The summed E-state index contributed by atoms with van der Waals surface area (Å²) in [5, 5.41) is 0. The van der Waals surface area contributed by atoms with Gasteiger partial charge in [0.15, 0.2) is 0 Å². The molecule has 4 heteroatoms. The molecule has 0 amide bonds. The third-order valence-corrected chi connectivity index (χ3v) is 25.8. The predicted octanol–water partition coefficient (Wildman–Crippen LogP) is 21.3. The van der Waals surface area contributed by atoms with Crippen LogP contribution in [-0.4, -0.2) is 12.3 Å². The molecule has 0 aromatic heterocycles. The van der Waals surface area contributed by atoms with Gasteiger partial charge >= 0.3 is 0 Å². The van der Waals surface area contributed by atoms with Crippen molar-refractivity contribution in [3.05, 3.63) is 170 Å². The first-order valence-corrected chi connectivity index (χ1v) is 34.5. The minimum atomic E-state index is -0.203. The largest absolute Gasteiger partial charge is 0.334 e. The number of hydrogen-bond acceptors (Lipinski definition) is 3. The zero-order valence-corrected chi connectivity index (χ0v) is 58.0. The Morgan fingerprint density at radius 3 is 1.60 bits per heavy atom. The van der Waals surface area contributed by atoms with Crippen molar-refractivity contribution in [1.82, 2.24) is 0 Å². The smallest absolute Gasteiger partial charge is 0.252 e. The van der Waals surface area contributed by atoms with Crippen molar-refractivity contribution in [2.45, 2.75) is 270 Å². The molecule has 456 valence electrons. The standard InChI is InChI=1S/C84H102BN3/c1-50-33-36-77(8,9)59-47-65-69(46-56(50)59)86(53-29-31-57-61(43-53)79(12,13)38-37-78(57,10)11)71-44-54(88-67-32-28-52(76(5,6)7)42-64(67)83(20)34-22-23-35-84(83,88)21)45-72-74(71)85(65)66-48-62-63(81(16,17)40-39-80(62,14)15)49-70(66)87(72)68-26-24-25-58-73(68)55-30-27-51(75(2,3)4)41-60(55)82(58,18)19/h24-32,41-50H,22-23,33-40H2,1-21H3. The fraction of sp³-hybridized carbons (Fsp3) is 0.500. The second kappa shape index (κ2) is 18.2. The van der Waals surface area contributed by atoms with Gasteiger partial charge in [0.05, 0.1) is 11.2 Å². The van der Waals surface area contributed by atoms with Crippen molar-refractivity contribution in [2.75, 3.05) is 14.7 Å². The van der Waals surface area contributed by atoms with E-state index in [0.29, 0.717) is 5.92 Å². The molecule has 3 heterocycles. The van der Waals surface area contributed by atoms with Gasteiger partial charge < -0.3 is 14.7 Å². The summed E-state index contributed by atoms with van der Waals surface area (Å²) in [7, 11) is 0. The first kappa shape index (κ1) is 58.4. The van der Waals surface area contributed by atoms with Crippen molar-refractivity contribution in [3.63, 3.8) is 0 Å². The Morgan fingerprint density at radius 2 is 0.955 bits per heavy atom. The molecule has 1 fully saturated rings. The predicted molar refractivity (Wildman–Crippen MR) is 379 cm³/mol. The maximum absolute atomic E-state index is 2.91. The first-order chi connectivity index (χ1) is 41.0. The normalized spacial score (nSPS) is 24.9. The van der Waals surface area contributed by atoms with Crippen molar-refractivity contribution in [2.24, 2.45) is 0 Å². The van der Waals surface area contributed by atoms with Crippen LogP contribution in [0.1, 0.15) is 277 Å². The summed E-state index contributed by atoms with van der Waals surface area (Å²) >= 11 is 0. The molecule has 0 N–H and O–H groups in total. The highest BCUT2D eigenvalue weighted by molar-refractivity contribution is 7.00. The van der Waals surface area contributed by atoms with Crippen LogP contribution in [0, 0.1) is 0 Å². The number of rotatable bonds is 3. The maximum Gasteiger partial charge on any atom is 0.252 e. The van der Waals surface area contributed by atoms with Gasteiger partial charge in [0, 0.05) is 56.2 Å². The third-order valence-electron chi connectivity index (χ3n) is 25.8. The van der Waals surface area contributed by atoms with Crippen LogP contribution in [0.15, 0.2) is 109 Å². The summed E-state index contributed by atoms with van der Waals surface area (Å²) in [5.74, 6) is 0.459. The fourth-order valence-corrected chi connectivity index (χ4v) is 19.4. The summed E-state index contributed by atoms with van der Waals surface area (Å²) in [5.41, 5.74) is 33.9. The average Bonchev–Trinajstić information content (AvgIpc) is 0.880. The molecular formula is C84H102BN3. The van der Waals surface area contributed by atoms with E-state index in [2.05, 4.69) is 269 Å². The monoisotopic (exact) mass is 1160 g/mol. The zero-order chi connectivity index (χ0) is 62.5. The van der Waals surface area contributed by atoms with Crippen molar-refractivity contribution in [1.29, 1.82) is 0 Å². The van der Waals surface area contributed by atoms with Crippen LogP contribution in [-0.2, 0) is 48.7 Å². The number of nitrogens with zero attached hydrogens (tertiary/aromatic N) is 3. The minimum Gasteiger partial charge on any atom is -0.334 e. The SMILES string of the molecule is CC1CCC(C)(C)c2cc3c(cc21)N(c1ccc2c(c1)C(C)(C)CCC2(C)C)c1cc(N2c4ccc(C(C)(C)C)cc4C4(C)CCCCC24C)cc2c1B3c1cc3c(cc1N2c1cccc2c1-c1ccc(C(C)(C)C)cc1C2(C)C)C(C)(C)CCC3(C)C. The molecule has 3 unspecified atom stereocenters. The Balaban J connectivity index is 1.12. The van der Waals surface area contributed by atoms with Gasteiger partial charge in [-0.05, 0) is 234 Å². The minimum absolute atomic E-state index is 0.00405. The van der Waals surface area contributed by atoms with E-state index in [-0.39, 0.29) is 61.0 Å². The van der Waals surface area contributed by atoms with Gasteiger partial charge in [-0.25, -0.2) is 0 Å². The van der Waals surface area contributed by atoms with E-state index in [0.717, 1.165) is 12.8 Å². The van der Waals surface area contributed by atoms with E-state index in [1.807, 2.05) is 0 Å². The second-order valence-electron chi connectivity index (χ2n) is 36.0. The van der Waals surface area contributed by atoms with Crippen LogP contribution in [0.3, 0.4) is 0 Å². The Bertz CT molecular complexity index is 4160. The second-order valence-corrected chi connectivity index (χ2v) is 36.0. The molecule has 0 spiro atoms. The number of anilines is 8. The van der Waals surface area contributed by atoms with Gasteiger partial charge in [0.2, 0.25) is 0 Å². The zero-order valence-electron chi connectivity index (χ0n) is 58.0. The molecule has 3 aliphatic heterocycles. The van der Waals surface area contributed by atoms with Crippen LogP contribution in [0.2, 0.25) is 0 Å². The molecule has 15 rings (SSSR count). The molecule has 7 aromatic rings. The van der Waals surface area contributed by atoms with E-state index in [1.165, 1.54) is 180 Å². The lowest BCUT2D eigenvalue weighted by molar-refractivity contribution is 0.195. The summed E-state index contributed by atoms with van der Waals surface area (Å²) in [6.45, 7) is 52.4. The average molecular weight is 1160 g/mol. The molecule has 5 aliphatic carbocycles. The van der Waals surface area contributed by atoms with Crippen molar-refractivity contribution >= 4 is 68.6 Å². The molecule has 3 atom stereocenters. The summed E-state index contributed by atoms with van der Waals surface area (Å²) in [4.78, 5) is 8.61. The molecule has 8 aliphatic rings. The molecule has 0 bridgehead atoms. The maximum atomic E-state index is 2.91. The Morgan fingerprint density at radius 1 is 0.409 bits per heavy atom. The highest BCUT2D eigenvalue weighted by Gasteiger charge is 2.59. The fourth-order valence-electron chi connectivity index (χ4n) is 19.4. The Labute approximate surface area is 531 Å². The lowest BCUT2D eigenvalue weighted by atomic mass is 9.32. The van der Waals surface area contributed by atoms with Gasteiger partial charge in [-0.3, -0.25) is 0 Å². The number of hydrogen-bond donors (Lipinski definition) is 0. The summed E-state index contributed by atoms with van der Waals surface area (Å²) < 4.78 is 0. The van der Waals surface area contributed by atoms with Gasteiger partial charge in [-0.1, -0.05) is 212 Å². The highest BCUT2D eigenvalue weighted by atomic mass is 15.3. The van der Waals surface area contributed by atoms with Crippen LogP contribution in [0.25, 0.3) is 11.1 Å². The van der Waals surface area contributed by atoms with Gasteiger partial charge in [0.25, 0.3) is 6.71 Å². The first-order valence-electron chi connectivity index (χ1n) is 34.5. The van der Waals surface area contributed by atoms with E-state index in [1.54, 1.807) is 5.56 Å². The lowest BCUT2D eigenvalue weighted by Crippen LogP contribution is -2.62. The van der Waals surface area contributed by atoms with Gasteiger partial charge in [0.1, 0.15) is 0 Å². The number of fused-ring (bicyclic) bond motifs is 13. The highest BCUT2D eigenvalue weighted by Crippen LogP contribution is 2.64. The molecule has 1 saturated carbocycles. The molecule has 0 radical (unpaired) electrons. The van der Waals surface area contributed by atoms with Crippen molar-refractivity contribution < 1.29 is 0 Å². The summed E-state index contributed by atoms with van der Waals surface area (Å²) in [6, 6.07) is 46.9. The molecule has 7 aromatic carbocycles. The topological polar surface area (TPSA) is 9.72 Å². The molecule has 88 heavy (non-hydrogen) atoms. The van der Waals surface area contributed by atoms with Crippen LogP contribution >= 0.6 is 0 Å². The lowest BCUT2D eigenvalue weighted by Gasteiger charge is -2.51. The van der Waals surface area contributed by atoms with Crippen LogP contribution < -0.4 is 31.1 Å². The summed E-state index contributed by atoms with van der Waals surface area (Å²) in [6.07, 6.45) is 11.9. The Hall–Kier alpha value is -6.00. The molecule has 0 saturated heterocycles. The van der Waals surface area contributed by atoms with Gasteiger partial charge in [-0.15, -0.1) is 0 Å². The van der Waals surface area contributed by atoms with Crippen LogP contribution in [0.4, 0.5) is 45.5 Å². The van der Waals surface area contributed by atoms with Crippen molar-refractivity contribution in [3.8, 4) is 11.1 Å². The third kappa shape index (κ3) is 7.93. The number of benzene rings is 7. The van der Waals surface area contributed by atoms with Gasteiger partial charge in [-0.2, -0.15) is 0 Å². The molecular weight excluding hydrogens is 1060 g/mol. The van der Waals surface area contributed by atoms with Crippen LogP contribution in [0.5, 0.6) is 0 Å². The van der Waals surface area contributed by atoms with E-state index < -0.39 is 0 Å². The van der Waals surface area contributed by atoms with E-state index in [4.69, 9.17) is 0 Å².